The Bertz CT molecular complexity index is 845. The molecule has 0 amide bonds. The third-order valence-electron chi connectivity index (χ3n) is 3.74. The van der Waals surface area contributed by atoms with Crippen molar-refractivity contribution in [2.75, 3.05) is 7.11 Å². The second-order valence-electron chi connectivity index (χ2n) is 5.50. The van der Waals surface area contributed by atoms with Gasteiger partial charge in [0.15, 0.2) is 5.17 Å². The lowest BCUT2D eigenvalue weighted by Gasteiger charge is -2.05. The largest absolute Gasteiger partial charge is 0.497 e. The molecule has 25 heavy (non-hydrogen) atoms. The summed E-state index contributed by atoms with van der Waals surface area (Å²) in [5, 5.41) is 0.542. The Balaban J connectivity index is 1.62. The molecule has 0 aliphatic carbocycles. The fourth-order valence-corrected chi connectivity index (χ4v) is 3.10. The Morgan fingerprint density at radius 3 is 2.36 bits per heavy atom. The Kier molecular flexibility index (Phi) is 5.75. The van der Waals surface area contributed by atoms with Crippen LogP contribution in [0.2, 0.25) is 0 Å². The normalized spacial score (nSPS) is 11.3. The van der Waals surface area contributed by atoms with E-state index in [9.17, 15) is 0 Å². The highest BCUT2D eigenvalue weighted by Gasteiger charge is 2.01. The molecule has 0 aliphatic rings. The van der Waals surface area contributed by atoms with Gasteiger partial charge in [0.2, 0.25) is 0 Å². The summed E-state index contributed by atoms with van der Waals surface area (Å²) in [7, 11) is 1.64. The molecule has 0 bridgehead atoms. The van der Waals surface area contributed by atoms with Gasteiger partial charge in [-0.15, -0.1) is 0 Å². The van der Waals surface area contributed by atoms with Gasteiger partial charge in [0, 0.05) is 11.8 Å². The van der Waals surface area contributed by atoms with Gasteiger partial charge in [-0.25, -0.2) is 4.99 Å². The molecule has 126 valence electrons. The van der Waals surface area contributed by atoms with Crippen molar-refractivity contribution in [3.63, 3.8) is 0 Å². The molecule has 3 aromatic carbocycles. The Labute approximate surface area is 152 Å². The average Bonchev–Trinajstić information content (AvgIpc) is 2.67. The second kappa shape index (κ2) is 8.40. The van der Waals surface area contributed by atoms with Gasteiger partial charge >= 0.3 is 0 Å². The number of amidine groups is 1. The fraction of sp³-hybridized carbons (Fsp3) is 0.0952. The lowest BCUT2D eigenvalue weighted by molar-refractivity contribution is 0.415. The molecule has 0 saturated heterocycles. The summed E-state index contributed by atoms with van der Waals surface area (Å²) in [6.45, 7) is 0. The average molecular weight is 348 g/mol. The predicted octanol–water partition coefficient (Wildman–Crippen LogP) is 5.24. The van der Waals surface area contributed by atoms with Crippen LogP contribution in [0, 0.1) is 0 Å². The van der Waals surface area contributed by atoms with Crippen LogP contribution in [0.15, 0.2) is 83.9 Å². The van der Waals surface area contributed by atoms with Crippen molar-refractivity contribution in [2.24, 2.45) is 10.7 Å². The molecule has 2 N–H and O–H groups in total. The van der Waals surface area contributed by atoms with E-state index in [1.54, 1.807) is 7.11 Å². The summed E-state index contributed by atoms with van der Waals surface area (Å²) in [6, 6.07) is 26.5. The van der Waals surface area contributed by atoms with Crippen LogP contribution < -0.4 is 10.5 Å². The van der Waals surface area contributed by atoms with Crippen molar-refractivity contribution < 1.29 is 4.74 Å². The van der Waals surface area contributed by atoms with Crippen LogP contribution >= 0.6 is 11.8 Å². The van der Waals surface area contributed by atoms with Crippen LogP contribution in [0.3, 0.4) is 0 Å². The van der Waals surface area contributed by atoms with Crippen LogP contribution in [-0.4, -0.2) is 12.3 Å². The quantitative estimate of drug-likeness (QED) is 0.506. The van der Waals surface area contributed by atoms with Gasteiger partial charge in [-0.1, -0.05) is 72.4 Å². The number of rotatable bonds is 5. The smallest absolute Gasteiger partial charge is 0.159 e. The summed E-state index contributed by atoms with van der Waals surface area (Å²) in [5.41, 5.74) is 10.5. The first-order valence-electron chi connectivity index (χ1n) is 8.00. The van der Waals surface area contributed by atoms with Gasteiger partial charge in [0.1, 0.15) is 5.75 Å². The van der Waals surface area contributed by atoms with E-state index in [0.717, 1.165) is 17.2 Å². The molecule has 3 aromatic rings. The highest BCUT2D eigenvalue weighted by molar-refractivity contribution is 8.13. The molecule has 0 unspecified atom stereocenters. The van der Waals surface area contributed by atoms with Crippen molar-refractivity contribution in [1.82, 2.24) is 0 Å². The van der Waals surface area contributed by atoms with E-state index < -0.39 is 0 Å². The van der Waals surface area contributed by atoms with Gasteiger partial charge in [-0.05, 0) is 28.8 Å². The number of hydrogen-bond donors (Lipinski definition) is 1. The molecule has 0 aliphatic heterocycles. The topological polar surface area (TPSA) is 47.6 Å². The Morgan fingerprint density at radius 1 is 0.920 bits per heavy atom. The number of thioether (sulfide) groups is 1. The zero-order valence-electron chi connectivity index (χ0n) is 14.1. The standard InChI is InChI=1S/C21H20N2OS/c1-24-20-9-5-8-19(14-20)23-21(22)25-15-16-10-12-18(13-11-16)17-6-3-2-4-7-17/h2-14H,15H2,1H3,(H2,22,23). The monoisotopic (exact) mass is 348 g/mol. The molecule has 0 heterocycles. The number of ether oxygens (including phenoxy) is 1. The lowest BCUT2D eigenvalue weighted by atomic mass is 10.0. The maximum absolute atomic E-state index is 6.04. The second-order valence-corrected chi connectivity index (χ2v) is 6.50. The molecular formula is C21H20N2OS. The van der Waals surface area contributed by atoms with Gasteiger partial charge in [0.05, 0.1) is 12.8 Å². The number of benzene rings is 3. The molecule has 0 radical (unpaired) electrons. The van der Waals surface area contributed by atoms with Gasteiger partial charge < -0.3 is 10.5 Å². The lowest BCUT2D eigenvalue weighted by Crippen LogP contribution is -2.06. The van der Waals surface area contributed by atoms with Crippen LogP contribution in [-0.2, 0) is 5.75 Å². The van der Waals surface area contributed by atoms with Crippen molar-refractivity contribution >= 4 is 22.6 Å². The third kappa shape index (κ3) is 4.88. The van der Waals surface area contributed by atoms with Gasteiger partial charge in [0.25, 0.3) is 0 Å². The molecule has 0 aromatic heterocycles. The summed E-state index contributed by atoms with van der Waals surface area (Å²) in [5.74, 6) is 1.56. The van der Waals surface area contributed by atoms with Crippen LogP contribution in [0.5, 0.6) is 5.75 Å². The van der Waals surface area contributed by atoms with E-state index in [4.69, 9.17) is 10.5 Å². The van der Waals surface area contributed by atoms with E-state index in [1.807, 2.05) is 30.3 Å². The van der Waals surface area contributed by atoms with Crippen LogP contribution in [0.25, 0.3) is 11.1 Å². The summed E-state index contributed by atoms with van der Waals surface area (Å²) in [6.07, 6.45) is 0. The van der Waals surface area contributed by atoms with E-state index in [0.29, 0.717) is 5.17 Å². The Hall–Kier alpha value is -2.72. The number of nitrogens with zero attached hydrogens (tertiary/aromatic N) is 1. The number of hydrogen-bond acceptors (Lipinski definition) is 3. The zero-order chi connectivity index (χ0) is 17.5. The molecular weight excluding hydrogens is 328 g/mol. The number of methoxy groups -OCH3 is 1. The highest BCUT2D eigenvalue weighted by Crippen LogP contribution is 2.23. The maximum Gasteiger partial charge on any atom is 0.159 e. The predicted molar refractivity (Wildman–Crippen MR) is 107 cm³/mol. The van der Waals surface area contributed by atoms with E-state index in [1.165, 1.54) is 28.5 Å². The first-order chi connectivity index (χ1) is 12.2. The molecule has 0 atom stereocenters. The summed E-state index contributed by atoms with van der Waals surface area (Å²) < 4.78 is 5.20. The fourth-order valence-electron chi connectivity index (χ4n) is 2.42. The Morgan fingerprint density at radius 2 is 1.64 bits per heavy atom. The van der Waals surface area contributed by atoms with Crippen molar-refractivity contribution in [3.05, 3.63) is 84.4 Å². The van der Waals surface area contributed by atoms with E-state index >= 15 is 0 Å². The zero-order valence-corrected chi connectivity index (χ0v) is 14.9. The molecule has 0 saturated carbocycles. The minimum atomic E-state index is 0.542. The first kappa shape index (κ1) is 17.1. The highest BCUT2D eigenvalue weighted by atomic mass is 32.2. The molecule has 3 nitrogen and oxygen atoms in total. The number of nitrogens with two attached hydrogens (primary N) is 1. The van der Waals surface area contributed by atoms with Crippen molar-refractivity contribution in [1.29, 1.82) is 0 Å². The molecule has 3 rings (SSSR count). The van der Waals surface area contributed by atoms with Crippen molar-refractivity contribution in [3.8, 4) is 16.9 Å². The minimum Gasteiger partial charge on any atom is -0.497 e. The third-order valence-corrected chi connectivity index (χ3v) is 4.61. The van der Waals surface area contributed by atoms with E-state index in [-0.39, 0.29) is 0 Å². The summed E-state index contributed by atoms with van der Waals surface area (Å²) in [4.78, 5) is 4.43. The summed E-state index contributed by atoms with van der Waals surface area (Å²) >= 11 is 1.53. The number of aliphatic imine (C=N–C) groups is 1. The first-order valence-corrected chi connectivity index (χ1v) is 8.98. The van der Waals surface area contributed by atoms with Gasteiger partial charge in [-0.2, -0.15) is 0 Å². The van der Waals surface area contributed by atoms with Gasteiger partial charge in [-0.3, -0.25) is 0 Å². The minimum absolute atomic E-state index is 0.542. The van der Waals surface area contributed by atoms with E-state index in [2.05, 4.69) is 53.5 Å². The molecule has 0 spiro atoms. The maximum atomic E-state index is 6.04. The molecule has 0 fully saturated rings. The van der Waals surface area contributed by atoms with Crippen molar-refractivity contribution in [2.45, 2.75) is 5.75 Å². The van der Waals surface area contributed by atoms with Crippen LogP contribution in [0.1, 0.15) is 5.56 Å². The van der Waals surface area contributed by atoms with Crippen LogP contribution in [0.4, 0.5) is 5.69 Å². The SMILES string of the molecule is COc1cccc(N=C(N)SCc2ccc(-c3ccccc3)cc2)c1. The molecule has 4 heteroatoms.